The lowest BCUT2D eigenvalue weighted by molar-refractivity contribution is -0.120. The Bertz CT molecular complexity index is 825. The molecule has 0 bridgehead atoms. The highest BCUT2D eigenvalue weighted by atomic mass is 16.6. The van der Waals surface area contributed by atoms with E-state index in [4.69, 9.17) is 14.2 Å². The van der Waals surface area contributed by atoms with Crippen molar-refractivity contribution in [3.63, 3.8) is 0 Å². The highest BCUT2D eigenvalue weighted by Gasteiger charge is 2.36. The quantitative estimate of drug-likeness (QED) is 0.830. The van der Waals surface area contributed by atoms with Gasteiger partial charge < -0.3 is 19.5 Å². The van der Waals surface area contributed by atoms with Crippen LogP contribution in [0.25, 0.3) is 0 Å². The van der Waals surface area contributed by atoms with E-state index in [1.54, 1.807) is 7.11 Å². The second-order valence-corrected chi connectivity index (χ2v) is 7.65. The molecule has 0 saturated heterocycles. The molecule has 1 fully saturated rings. The SMILES string of the molecule is COc1ccc(CC(=O)NCC2(c3ccc4c(c3)OCCO4)CCCC2)cc1. The van der Waals surface area contributed by atoms with E-state index in [2.05, 4.69) is 17.4 Å². The second-order valence-electron chi connectivity index (χ2n) is 7.65. The first-order valence-electron chi connectivity index (χ1n) is 9.98. The number of benzene rings is 2. The van der Waals surface area contributed by atoms with E-state index < -0.39 is 0 Å². The van der Waals surface area contributed by atoms with Gasteiger partial charge in [0.05, 0.1) is 13.5 Å². The number of hydrogen-bond donors (Lipinski definition) is 1. The van der Waals surface area contributed by atoms with E-state index in [0.717, 1.165) is 35.7 Å². The Balaban J connectivity index is 1.44. The maximum Gasteiger partial charge on any atom is 0.224 e. The third-order valence-electron chi connectivity index (χ3n) is 5.86. The molecule has 0 unspecified atom stereocenters. The molecule has 148 valence electrons. The smallest absolute Gasteiger partial charge is 0.224 e. The molecule has 2 aliphatic rings. The number of carbonyl (C=O) groups excluding carboxylic acids is 1. The monoisotopic (exact) mass is 381 g/mol. The number of rotatable bonds is 6. The van der Waals surface area contributed by atoms with Gasteiger partial charge >= 0.3 is 0 Å². The molecule has 1 N–H and O–H groups in total. The van der Waals surface area contributed by atoms with E-state index in [0.29, 0.717) is 26.2 Å². The van der Waals surface area contributed by atoms with Crippen molar-refractivity contribution in [1.82, 2.24) is 5.32 Å². The van der Waals surface area contributed by atoms with Gasteiger partial charge in [0.2, 0.25) is 5.91 Å². The predicted octanol–water partition coefficient (Wildman–Crippen LogP) is 3.64. The van der Waals surface area contributed by atoms with Crippen LogP contribution in [0.1, 0.15) is 36.8 Å². The molecule has 2 aromatic rings. The van der Waals surface area contributed by atoms with Crippen LogP contribution in [0, 0.1) is 0 Å². The van der Waals surface area contributed by atoms with Gasteiger partial charge in [-0.1, -0.05) is 31.0 Å². The summed E-state index contributed by atoms with van der Waals surface area (Å²) in [5.74, 6) is 2.48. The van der Waals surface area contributed by atoms with E-state index in [9.17, 15) is 4.79 Å². The van der Waals surface area contributed by atoms with Crippen LogP contribution in [-0.4, -0.2) is 32.8 Å². The Morgan fingerprint density at radius 1 is 1.04 bits per heavy atom. The molecule has 1 aliphatic heterocycles. The molecule has 0 spiro atoms. The first kappa shape index (κ1) is 18.7. The molecule has 1 heterocycles. The predicted molar refractivity (Wildman–Crippen MR) is 107 cm³/mol. The summed E-state index contributed by atoms with van der Waals surface area (Å²) < 4.78 is 16.6. The normalized spacial score (nSPS) is 17.2. The zero-order chi connectivity index (χ0) is 19.4. The summed E-state index contributed by atoms with van der Waals surface area (Å²) >= 11 is 0. The van der Waals surface area contributed by atoms with Gasteiger partial charge in [0.15, 0.2) is 11.5 Å². The van der Waals surface area contributed by atoms with E-state index in [1.165, 1.54) is 18.4 Å². The largest absolute Gasteiger partial charge is 0.497 e. The number of nitrogens with one attached hydrogen (secondary N) is 1. The molecule has 1 aliphatic carbocycles. The summed E-state index contributed by atoms with van der Waals surface area (Å²) in [6, 6.07) is 13.9. The highest BCUT2D eigenvalue weighted by Crippen LogP contribution is 2.43. The fraction of sp³-hybridized carbons (Fsp3) is 0.435. The van der Waals surface area contributed by atoms with Crippen LogP contribution >= 0.6 is 0 Å². The molecule has 1 amide bonds. The van der Waals surface area contributed by atoms with Gasteiger partial charge in [-0.25, -0.2) is 0 Å². The maximum absolute atomic E-state index is 12.5. The van der Waals surface area contributed by atoms with Gasteiger partial charge in [0, 0.05) is 12.0 Å². The average molecular weight is 381 g/mol. The highest BCUT2D eigenvalue weighted by molar-refractivity contribution is 5.78. The van der Waals surface area contributed by atoms with Gasteiger partial charge in [-0.05, 0) is 48.2 Å². The first-order valence-corrected chi connectivity index (χ1v) is 9.98. The van der Waals surface area contributed by atoms with Gasteiger partial charge in [-0.2, -0.15) is 0 Å². The summed E-state index contributed by atoms with van der Waals surface area (Å²) in [5.41, 5.74) is 2.20. The second kappa shape index (κ2) is 8.13. The maximum atomic E-state index is 12.5. The molecule has 0 aromatic heterocycles. The molecule has 1 saturated carbocycles. The molecular formula is C23H27NO4. The number of carbonyl (C=O) groups is 1. The fourth-order valence-electron chi connectivity index (χ4n) is 4.25. The van der Waals surface area contributed by atoms with Crippen molar-refractivity contribution in [2.45, 2.75) is 37.5 Å². The Kier molecular flexibility index (Phi) is 5.42. The zero-order valence-electron chi connectivity index (χ0n) is 16.3. The number of hydrogen-bond acceptors (Lipinski definition) is 4. The number of amides is 1. The number of fused-ring (bicyclic) bond motifs is 1. The Labute approximate surface area is 166 Å². The molecule has 5 heteroatoms. The summed E-state index contributed by atoms with van der Waals surface area (Å²) in [7, 11) is 1.64. The lowest BCUT2D eigenvalue weighted by Crippen LogP contribution is -2.39. The molecule has 28 heavy (non-hydrogen) atoms. The van der Waals surface area contributed by atoms with Gasteiger partial charge in [-0.15, -0.1) is 0 Å². The van der Waals surface area contributed by atoms with Gasteiger partial charge in [-0.3, -0.25) is 4.79 Å². The molecule has 2 aromatic carbocycles. The molecule has 0 radical (unpaired) electrons. The number of methoxy groups -OCH3 is 1. The molecule has 0 atom stereocenters. The van der Waals surface area contributed by atoms with Crippen molar-refractivity contribution >= 4 is 5.91 Å². The van der Waals surface area contributed by atoms with Gasteiger partial charge in [0.25, 0.3) is 0 Å². The molecule has 4 rings (SSSR count). The van der Waals surface area contributed by atoms with E-state index in [1.807, 2.05) is 30.3 Å². The zero-order valence-corrected chi connectivity index (χ0v) is 16.3. The van der Waals surface area contributed by atoms with Crippen molar-refractivity contribution < 1.29 is 19.0 Å². The summed E-state index contributed by atoms with van der Waals surface area (Å²) in [6.07, 6.45) is 4.90. The topological polar surface area (TPSA) is 56.8 Å². The van der Waals surface area contributed by atoms with Crippen molar-refractivity contribution in [2.24, 2.45) is 0 Å². The Morgan fingerprint density at radius 3 is 2.46 bits per heavy atom. The summed E-state index contributed by atoms with van der Waals surface area (Å²) in [6.45, 7) is 1.84. The van der Waals surface area contributed by atoms with Crippen LogP contribution in [0.15, 0.2) is 42.5 Å². The third kappa shape index (κ3) is 3.93. The van der Waals surface area contributed by atoms with Crippen LogP contribution < -0.4 is 19.5 Å². The molecular weight excluding hydrogens is 354 g/mol. The van der Waals surface area contributed by atoms with Crippen molar-refractivity contribution in [1.29, 1.82) is 0 Å². The van der Waals surface area contributed by atoms with Crippen LogP contribution in [0.2, 0.25) is 0 Å². The van der Waals surface area contributed by atoms with Crippen molar-refractivity contribution in [3.8, 4) is 17.2 Å². The molecule has 5 nitrogen and oxygen atoms in total. The van der Waals surface area contributed by atoms with Crippen molar-refractivity contribution in [2.75, 3.05) is 26.9 Å². The van der Waals surface area contributed by atoms with Gasteiger partial charge in [0.1, 0.15) is 19.0 Å². The Morgan fingerprint density at radius 2 is 1.75 bits per heavy atom. The third-order valence-corrected chi connectivity index (χ3v) is 5.86. The number of ether oxygens (including phenoxy) is 3. The minimum atomic E-state index is -0.0224. The minimum absolute atomic E-state index is 0.0224. The Hall–Kier alpha value is -2.69. The summed E-state index contributed by atoms with van der Waals surface area (Å²) in [5, 5.41) is 3.18. The minimum Gasteiger partial charge on any atom is -0.497 e. The van der Waals surface area contributed by atoms with Crippen LogP contribution in [-0.2, 0) is 16.6 Å². The standard InChI is InChI=1S/C23H27NO4/c1-26-19-7-4-17(5-8-19)14-22(25)24-16-23(10-2-3-11-23)18-6-9-20-21(15-18)28-13-12-27-20/h4-9,15H,2-3,10-14,16H2,1H3,(H,24,25). The lowest BCUT2D eigenvalue weighted by atomic mass is 9.78. The first-order chi connectivity index (χ1) is 13.7. The lowest BCUT2D eigenvalue weighted by Gasteiger charge is -2.31. The van der Waals surface area contributed by atoms with Crippen LogP contribution in [0.3, 0.4) is 0 Å². The van der Waals surface area contributed by atoms with Crippen molar-refractivity contribution in [3.05, 3.63) is 53.6 Å². The average Bonchev–Trinajstić information content (AvgIpc) is 3.23. The van der Waals surface area contributed by atoms with Crippen LogP contribution in [0.4, 0.5) is 0 Å². The van der Waals surface area contributed by atoms with E-state index >= 15 is 0 Å². The summed E-state index contributed by atoms with van der Waals surface area (Å²) in [4.78, 5) is 12.5. The van der Waals surface area contributed by atoms with Crippen LogP contribution in [0.5, 0.6) is 17.2 Å². The fourth-order valence-corrected chi connectivity index (χ4v) is 4.25. The van der Waals surface area contributed by atoms with E-state index in [-0.39, 0.29) is 11.3 Å².